The number of carbonyl (C=O) groups is 1. The van der Waals surface area contributed by atoms with Gasteiger partial charge in [0.1, 0.15) is 10.6 Å². The maximum absolute atomic E-state index is 12.4. The average molecular weight is 284 g/mol. The van der Waals surface area contributed by atoms with Crippen LogP contribution in [0.1, 0.15) is 16.8 Å². The molecule has 2 rings (SSSR count). The van der Waals surface area contributed by atoms with Crippen molar-refractivity contribution in [3.63, 3.8) is 0 Å². The zero-order chi connectivity index (χ0) is 13.3. The van der Waals surface area contributed by atoms with Gasteiger partial charge in [-0.2, -0.15) is 0 Å². The van der Waals surface area contributed by atoms with Crippen LogP contribution in [0.3, 0.4) is 0 Å². The summed E-state index contributed by atoms with van der Waals surface area (Å²) in [6.45, 7) is 0. The molecule has 0 saturated carbocycles. The number of rotatable bonds is 2. The summed E-state index contributed by atoms with van der Waals surface area (Å²) in [6, 6.07) is 2.76. The molecular weight excluding hydrogens is 273 g/mol. The van der Waals surface area contributed by atoms with Crippen molar-refractivity contribution >= 4 is 34.7 Å². The third-order valence-electron chi connectivity index (χ3n) is 2.80. The van der Waals surface area contributed by atoms with Crippen molar-refractivity contribution < 1.29 is 9.90 Å². The Kier molecular flexibility index (Phi) is 3.37. The number of alkyl halides is 1. The summed E-state index contributed by atoms with van der Waals surface area (Å²) in [5, 5.41) is 9.72. The van der Waals surface area contributed by atoms with Crippen LogP contribution >= 0.6 is 23.2 Å². The first-order valence-electron chi connectivity index (χ1n) is 5.31. The van der Waals surface area contributed by atoms with E-state index in [1.165, 1.54) is 12.1 Å². The molecule has 0 heterocycles. The Hall–Kier alpha value is -1.45. The second-order valence-electron chi connectivity index (χ2n) is 4.04. The second-order valence-corrected chi connectivity index (χ2v) is 5.12. The third kappa shape index (κ3) is 2.11. The highest BCUT2D eigenvalue weighted by Gasteiger charge is 2.36. The normalized spacial score (nSPS) is 22.1. The number of allylic oxidation sites excluding steroid dienone is 4. The van der Waals surface area contributed by atoms with E-state index in [9.17, 15) is 9.90 Å². The number of carbonyl (C=O) groups excluding carboxylic acids is 1. The number of phenols is 1. The molecule has 1 aromatic carbocycles. The van der Waals surface area contributed by atoms with Crippen LogP contribution in [0.15, 0.2) is 36.4 Å². The Morgan fingerprint density at radius 3 is 2.72 bits per heavy atom. The summed E-state index contributed by atoms with van der Waals surface area (Å²) in [4.78, 5) is 11.2. The van der Waals surface area contributed by atoms with Crippen LogP contribution in [-0.4, -0.2) is 15.8 Å². The van der Waals surface area contributed by atoms with Gasteiger partial charge in [0.25, 0.3) is 0 Å². The fourth-order valence-corrected chi connectivity index (χ4v) is 2.29. The number of benzene rings is 1. The van der Waals surface area contributed by atoms with Gasteiger partial charge in [-0.05, 0) is 18.6 Å². The van der Waals surface area contributed by atoms with Crippen LogP contribution in [0.2, 0.25) is 5.02 Å². The van der Waals surface area contributed by atoms with Gasteiger partial charge in [-0.15, -0.1) is 11.6 Å². The van der Waals surface area contributed by atoms with Crippen LogP contribution < -0.4 is 5.73 Å². The number of anilines is 1. The molecule has 1 unspecified atom stereocenters. The van der Waals surface area contributed by atoms with E-state index < -0.39 is 10.7 Å². The summed E-state index contributed by atoms with van der Waals surface area (Å²) in [7, 11) is 0. The Labute approximate surface area is 115 Å². The lowest BCUT2D eigenvalue weighted by atomic mass is 9.90. The van der Waals surface area contributed by atoms with Gasteiger partial charge in [-0.1, -0.05) is 35.9 Å². The highest BCUT2D eigenvalue weighted by molar-refractivity contribution is 6.43. The average Bonchev–Trinajstić information content (AvgIpc) is 2.35. The zero-order valence-corrected chi connectivity index (χ0v) is 10.9. The number of Topliss-reactive ketones (excluding diaryl/α,β-unsaturated/α-hetero) is 1. The summed E-state index contributed by atoms with van der Waals surface area (Å²) in [5.74, 6) is -0.596. The summed E-state index contributed by atoms with van der Waals surface area (Å²) in [5.41, 5.74) is 5.71. The standard InChI is InChI=1S/C13H11Cl2NO2/c14-8-4-5-9(17)11(16)10(8)12(18)13(15)6-2-1-3-7-13/h1-6,17H,7,16H2. The molecule has 5 heteroatoms. The van der Waals surface area contributed by atoms with E-state index in [1.807, 2.05) is 0 Å². The maximum Gasteiger partial charge on any atom is 0.191 e. The second kappa shape index (κ2) is 4.67. The summed E-state index contributed by atoms with van der Waals surface area (Å²) in [6.07, 6.45) is 7.24. The van der Waals surface area contributed by atoms with Crippen molar-refractivity contribution in [3.8, 4) is 5.75 Å². The minimum absolute atomic E-state index is 0.0459. The number of phenolic OH excluding ortho intramolecular Hbond substituents is 1. The van der Waals surface area contributed by atoms with Crippen LogP contribution in [0.4, 0.5) is 5.69 Å². The SMILES string of the molecule is Nc1c(O)ccc(Cl)c1C(=O)C1(Cl)C=CC=CC1. The monoisotopic (exact) mass is 283 g/mol. The van der Waals surface area contributed by atoms with Crippen molar-refractivity contribution in [2.24, 2.45) is 0 Å². The molecule has 1 aromatic rings. The fraction of sp³-hybridized carbons (Fsp3) is 0.154. The van der Waals surface area contributed by atoms with E-state index >= 15 is 0 Å². The molecule has 18 heavy (non-hydrogen) atoms. The maximum atomic E-state index is 12.4. The highest BCUT2D eigenvalue weighted by atomic mass is 35.5. The van der Waals surface area contributed by atoms with Crippen molar-refractivity contribution in [1.82, 2.24) is 0 Å². The molecule has 94 valence electrons. The van der Waals surface area contributed by atoms with Gasteiger partial charge < -0.3 is 10.8 Å². The Morgan fingerprint density at radius 2 is 2.11 bits per heavy atom. The Morgan fingerprint density at radius 1 is 1.39 bits per heavy atom. The number of halogens is 2. The number of nitrogens with two attached hydrogens (primary N) is 1. The van der Waals surface area contributed by atoms with Crippen LogP contribution in [0.25, 0.3) is 0 Å². The fourth-order valence-electron chi connectivity index (χ4n) is 1.78. The Bertz CT molecular complexity index is 566. The predicted molar refractivity (Wildman–Crippen MR) is 73.3 cm³/mol. The highest BCUT2D eigenvalue weighted by Crippen LogP contribution is 2.37. The van der Waals surface area contributed by atoms with Crippen LogP contribution in [0, 0.1) is 0 Å². The molecule has 0 amide bonds. The molecule has 1 atom stereocenters. The van der Waals surface area contributed by atoms with E-state index in [0.717, 1.165) is 0 Å². The third-order valence-corrected chi connectivity index (χ3v) is 3.57. The lowest BCUT2D eigenvalue weighted by Crippen LogP contribution is -2.31. The van der Waals surface area contributed by atoms with E-state index in [-0.39, 0.29) is 22.0 Å². The first kappa shape index (κ1) is 13.0. The first-order chi connectivity index (χ1) is 8.46. The molecule has 3 N–H and O–H groups in total. The molecule has 0 bridgehead atoms. The molecule has 0 aliphatic heterocycles. The lowest BCUT2D eigenvalue weighted by molar-refractivity contribution is 0.0960. The Balaban J connectivity index is 2.50. The lowest BCUT2D eigenvalue weighted by Gasteiger charge is -2.23. The van der Waals surface area contributed by atoms with Gasteiger partial charge in [0.15, 0.2) is 5.78 Å². The van der Waals surface area contributed by atoms with E-state index in [0.29, 0.717) is 6.42 Å². The molecule has 1 aliphatic rings. The molecule has 3 nitrogen and oxygen atoms in total. The van der Waals surface area contributed by atoms with Gasteiger partial charge in [-0.3, -0.25) is 4.79 Å². The quantitative estimate of drug-likeness (QED) is 0.379. The minimum Gasteiger partial charge on any atom is -0.506 e. The van der Waals surface area contributed by atoms with E-state index in [4.69, 9.17) is 28.9 Å². The molecule has 0 fully saturated rings. The smallest absolute Gasteiger partial charge is 0.191 e. The molecule has 0 spiro atoms. The zero-order valence-electron chi connectivity index (χ0n) is 9.36. The minimum atomic E-state index is -1.19. The predicted octanol–water partition coefficient (Wildman–Crippen LogP) is 3.30. The largest absolute Gasteiger partial charge is 0.506 e. The molecule has 1 aliphatic carbocycles. The number of hydrogen-bond acceptors (Lipinski definition) is 3. The van der Waals surface area contributed by atoms with Crippen molar-refractivity contribution in [2.75, 3.05) is 5.73 Å². The topological polar surface area (TPSA) is 63.3 Å². The number of nitrogen functional groups attached to an aromatic ring is 1. The van der Waals surface area contributed by atoms with Crippen molar-refractivity contribution in [1.29, 1.82) is 0 Å². The molecular formula is C13H11Cl2NO2. The first-order valence-corrected chi connectivity index (χ1v) is 6.06. The van der Waals surface area contributed by atoms with Gasteiger partial charge >= 0.3 is 0 Å². The van der Waals surface area contributed by atoms with E-state index in [2.05, 4.69) is 0 Å². The number of ketones is 1. The number of aromatic hydroxyl groups is 1. The van der Waals surface area contributed by atoms with Crippen LogP contribution in [0.5, 0.6) is 5.75 Å². The van der Waals surface area contributed by atoms with Gasteiger partial charge in [-0.25, -0.2) is 0 Å². The summed E-state index contributed by atoms with van der Waals surface area (Å²) >= 11 is 12.2. The van der Waals surface area contributed by atoms with Crippen molar-refractivity contribution in [3.05, 3.63) is 47.0 Å². The van der Waals surface area contributed by atoms with E-state index in [1.54, 1.807) is 24.3 Å². The van der Waals surface area contributed by atoms with Gasteiger partial charge in [0.05, 0.1) is 16.3 Å². The van der Waals surface area contributed by atoms with Gasteiger partial charge in [0, 0.05) is 0 Å². The molecule has 0 aromatic heterocycles. The molecule has 0 radical (unpaired) electrons. The van der Waals surface area contributed by atoms with Gasteiger partial charge in [0.2, 0.25) is 0 Å². The molecule has 0 saturated heterocycles. The van der Waals surface area contributed by atoms with Crippen molar-refractivity contribution in [2.45, 2.75) is 11.3 Å². The number of hydrogen-bond donors (Lipinski definition) is 2. The summed E-state index contributed by atoms with van der Waals surface area (Å²) < 4.78 is 0. The van der Waals surface area contributed by atoms with Crippen LogP contribution in [-0.2, 0) is 0 Å².